The average Bonchev–Trinajstić information content (AvgIpc) is 2.37. The van der Waals surface area contributed by atoms with E-state index in [1.54, 1.807) is 24.3 Å². The number of carbonyl (C=O) groups excluding carboxylic acids is 2. The van der Waals surface area contributed by atoms with Gasteiger partial charge in [0.1, 0.15) is 0 Å². The minimum atomic E-state index is -0.520. The molecule has 0 aromatic heterocycles. The van der Waals surface area contributed by atoms with E-state index in [1.807, 2.05) is 32.9 Å². The van der Waals surface area contributed by atoms with E-state index in [0.717, 1.165) is 16.7 Å². The zero-order valence-corrected chi connectivity index (χ0v) is 12.4. The molecule has 0 fully saturated rings. The lowest BCUT2D eigenvalue weighted by Crippen LogP contribution is -2.16. The molecule has 0 saturated heterocycles. The third-order valence-corrected chi connectivity index (χ3v) is 3.31. The Morgan fingerprint density at radius 2 is 1.62 bits per heavy atom. The zero-order valence-electron chi connectivity index (χ0n) is 12.4. The molecular formula is C17H18N2O2. The van der Waals surface area contributed by atoms with Crippen LogP contribution < -0.4 is 11.1 Å². The minimum absolute atomic E-state index is 0.188. The summed E-state index contributed by atoms with van der Waals surface area (Å²) in [6, 6.07) is 10.5. The van der Waals surface area contributed by atoms with Crippen LogP contribution in [-0.4, -0.2) is 11.8 Å². The Bertz CT molecular complexity index is 697. The van der Waals surface area contributed by atoms with E-state index in [2.05, 4.69) is 5.32 Å². The second-order valence-corrected chi connectivity index (χ2v) is 5.17. The zero-order chi connectivity index (χ0) is 15.6. The molecule has 2 aromatic carbocycles. The quantitative estimate of drug-likeness (QED) is 0.908. The van der Waals surface area contributed by atoms with E-state index in [0.29, 0.717) is 16.8 Å². The number of hydrogen-bond acceptors (Lipinski definition) is 2. The first-order valence-electron chi connectivity index (χ1n) is 6.67. The molecule has 21 heavy (non-hydrogen) atoms. The van der Waals surface area contributed by atoms with Crippen molar-refractivity contribution in [2.45, 2.75) is 20.8 Å². The van der Waals surface area contributed by atoms with Gasteiger partial charge in [0.05, 0.1) is 0 Å². The molecule has 0 aliphatic carbocycles. The first-order chi connectivity index (χ1) is 9.88. The number of nitrogens with two attached hydrogens (primary N) is 1. The molecule has 0 radical (unpaired) electrons. The Kier molecular flexibility index (Phi) is 4.08. The molecule has 3 N–H and O–H groups in total. The molecule has 0 atom stereocenters. The molecule has 0 saturated carbocycles. The van der Waals surface area contributed by atoms with Gasteiger partial charge < -0.3 is 11.1 Å². The number of primary amides is 1. The highest BCUT2D eigenvalue weighted by atomic mass is 16.2. The number of carbonyl (C=O) groups is 2. The van der Waals surface area contributed by atoms with Gasteiger partial charge in [-0.2, -0.15) is 0 Å². The Morgan fingerprint density at radius 1 is 1.00 bits per heavy atom. The first-order valence-corrected chi connectivity index (χ1v) is 6.67. The second kappa shape index (κ2) is 5.79. The van der Waals surface area contributed by atoms with Gasteiger partial charge in [0.2, 0.25) is 5.91 Å². The van der Waals surface area contributed by atoms with Crippen molar-refractivity contribution in [3.63, 3.8) is 0 Å². The molecule has 0 heterocycles. The third-order valence-electron chi connectivity index (χ3n) is 3.31. The summed E-state index contributed by atoms with van der Waals surface area (Å²) >= 11 is 0. The molecule has 0 aliphatic rings. The molecule has 108 valence electrons. The molecular weight excluding hydrogens is 264 g/mol. The van der Waals surface area contributed by atoms with Crippen LogP contribution in [0.4, 0.5) is 5.69 Å². The summed E-state index contributed by atoms with van der Waals surface area (Å²) in [7, 11) is 0. The highest BCUT2D eigenvalue weighted by Gasteiger charge is 2.13. The van der Waals surface area contributed by atoms with Crippen LogP contribution in [0.3, 0.4) is 0 Å². The predicted molar refractivity (Wildman–Crippen MR) is 83.6 cm³/mol. The van der Waals surface area contributed by atoms with Gasteiger partial charge in [0.15, 0.2) is 0 Å². The molecule has 0 spiro atoms. The van der Waals surface area contributed by atoms with E-state index in [9.17, 15) is 9.59 Å². The summed E-state index contributed by atoms with van der Waals surface area (Å²) in [5.41, 5.74) is 9.79. The van der Waals surface area contributed by atoms with E-state index in [-0.39, 0.29) is 5.91 Å². The van der Waals surface area contributed by atoms with Crippen LogP contribution in [0.25, 0.3) is 0 Å². The van der Waals surface area contributed by atoms with Crippen molar-refractivity contribution in [3.05, 3.63) is 64.2 Å². The monoisotopic (exact) mass is 282 g/mol. The maximum Gasteiger partial charge on any atom is 0.256 e. The average molecular weight is 282 g/mol. The number of aryl methyl sites for hydroxylation is 3. The number of nitrogens with one attached hydrogen (secondary N) is 1. The van der Waals surface area contributed by atoms with E-state index >= 15 is 0 Å². The van der Waals surface area contributed by atoms with Crippen molar-refractivity contribution in [3.8, 4) is 0 Å². The molecule has 4 nitrogen and oxygen atoms in total. The summed E-state index contributed by atoms with van der Waals surface area (Å²) in [4.78, 5) is 23.6. The number of amides is 2. The van der Waals surface area contributed by atoms with Gasteiger partial charge >= 0.3 is 0 Å². The summed E-state index contributed by atoms with van der Waals surface area (Å²) in [6.07, 6.45) is 0. The van der Waals surface area contributed by atoms with Gasteiger partial charge in [0, 0.05) is 16.8 Å². The SMILES string of the molecule is Cc1cc(C)c(C(=O)Nc2cccc(C(N)=O)c2)c(C)c1. The Labute approximate surface area is 124 Å². The summed E-state index contributed by atoms with van der Waals surface area (Å²) in [6.45, 7) is 5.82. The lowest BCUT2D eigenvalue weighted by atomic mass is 9.99. The van der Waals surface area contributed by atoms with Gasteiger partial charge in [-0.05, 0) is 50.1 Å². The number of hydrogen-bond donors (Lipinski definition) is 2. The Morgan fingerprint density at radius 3 is 2.19 bits per heavy atom. The van der Waals surface area contributed by atoms with Crippen LogP contribution in [0.2, 0.25) is 0 Å². The first kappa shape index (κ1) is 14.8. The molecule has 2 amide bonds. The van der Waals surface area contributed by atoms with Gasteiger partial charge in [-0.15, -0.1) is 0 Å². The van der Waals surface area contributed by atoms with Gasteiger partial charge in [-0.3, -0.25) is 9.59 Å². The summed E-state index contributed by atoms with van der Waals surface area (Å²) < 4.78 is 0. The van der Waals surface area contributed by atoms with Crippen LogP contribution in [0.1, 0.15) is 37.4 Å². The summed E-state index contributed by atoms with van der Waals surface area (Å²) in [5.74, 6) is -0.708. The third kappa shape index (κ3) is 3.28. The van der Waals surface area contributed by atoms with Crippen molar-refractivity contribution >= 4 is 17.5 Å². The number of benzene rings is 2. The molecule has 0 unspecified atom stereocenters. The van der Waals surface area contributed by atoms with Crippen LogP contribution in [0.15, 0.2) is 36.4 Å². The Balaban J connectivity index is 2.30. The lowest BCUT2D eigenvalue weighted by molar-refractivity contribution is 0.0996. The van der Waals surface area contributed by atoms with E-state index < -0.39 is 5.91 Å². The number of rotatable bonds is 3. The van der Waals surface area contributed by atoms with Gasteiger partial charge in [-0.25, -0.2) is 0 Å². The van der Waals surface area contributed by atoms with E-state index in [4.69, 9.17) is 5.73 Å². The fraction of sp³-hybridized carbons (Fsp3) is 0.176. The fourth-order valence-electron chi connectivity index (χ4n) is 2.48. The van der Waals surface area contributed by atoms with Crippen molar-refractivity contribution in [2.24, 2.45) is 5.73 Å². The largest absolute Gasteiger partial charge is 0.366 e. The standard InChI is InChI=1S/C17H18N2O2/c1-10-7-11(2)15(12(3)8-10)17(21)19-14-6-4-5-13(9-14)16(18)20/h4-9H,1-3H3,(H2,18,20)(H,19,21). The molecule has 0 bridgehead atoms. The lowest BCUT2D eigenvalue weighted by Gasteiger charge is -2.12. The predicted octanol–water partition coefficient (Wildman–Crippen LogP) is 2.96. The van der Waals surface area contributed by atoms with Crippen LogP contribution in [0, 0.1) is 20.8 Å². The summed E-state index contributed by atoms with van der Waals surface area (Å²) in [5, 5.41) is 2.81. The second-order valence-electron chi connectivity index (χ2n) is 5.17. The van der Waals surface area contributed by atoms with Crippen molar-refractivity contribution in [2.75, 3.05) is 5.32 Å². The maximum atomic E-state index is 12.4. The van der Waals surface area contributed by atoms with Crippen molar-refractivity contribution in [1.29, 1.82) is 0 Å². The van der Waals surface area contributed by atoms with Crippen LogP contribution in [-0.2, 0) is 0 Å². The van der Waals surface area contributed by atoms with E-state index in [1.165, 1.54) is 0 Å². The molecule has 2 rings (SSSR count). The maximum absolute atomic E-state index is 12.4. The van der Waals surface area contributed by atoms with Crippen molar-refractivity contribution in [1.82, 2.24) is 0 Å². The molecule has 4 heteroatoms. The van der Waals surface area contributed by atoms with Gasteiger partial charge in [-0.1, -0.05) is 23.8 Å². The van der Waals surface area contributed by atoms with Crippen LogP contribution in [0.5, 0.6) is 0 Å². The normalized spacial score (nSPS) is 10.2. The topological polar surface area (TPSA) is 72.2 Å². The minimum Gasteiger partial charge on any atom is -0.366 e. The molecule has 2 aromatic rings. The highest BCUT2D eigenvalue weighted by Crippen LogP contribution is 2.19. The van der Waals surface area contributed by atoms with Crippen LogP contribution >= 0.6 is 0 Å². The van der Waals surface area contributed by atoms with Crippen molar-refractivity contribution < 1.29 is 9.59 Å². The Hall–Kier alpha value is -2.62. The molecule has 0 aliphatic heterocycles. The fourth-order valence-corrected chi connectivity index (χ4v) is 2.48. The number of anilines is 1. The highest BCUT2D eigenvalue weighted by molar-refractivity contribution is 6.07. The smallest absolute Gasteiger partial charge is 0.256 e. The van der Waals surface area contributed by atoms with Gasteiger partial charge in [0.25, 0.3) is 5.91 Å².